The minimum Gasteiger partial charge on any atom is -0.337 e. The van der Waals surface area contributed by atoms with Crippen molar-refractivity contribution >= 4 is 28.5 Å². The van der Waals surface area contributed by atoms with Crippen LogP contribution in [0.1, 0.15) is 44.0 Å². The molecule has 2 aliphatic rings. The average molecular weight is 449 g/mol. The maximum Gasteiger partial charge on any atom is 0.246 e. The number of hydrogen-bond acceptors (Lipinski definition) is 4. The number of aromatic amines is 2. The lowest BCUT2D eigenvalue weighted by atomic mass is 9.88. The molecule has 174 valence electrons. The van der Waals surface area contributed by atoms with Crippen molar-refractivity contribution in [2.24, 2.45) is 17.3 Å². The molecule has 1 aromatic carbocycles. The number of hydrogen-bond donors (Lipinski definition) is 2. The Bertz CT molecular complexity index is 1270. The molecule has 0 unspecified atom stereocenters. The van der Waals surface area contributed by atoms with Gasteiger partial charge in [0.2, 0.25) is 11.8 Å². The third kappa shape index (κ3) is 3.61. The van der Waals surface area contributed by atoms with E-state index < -0.39 is 0 Å². The molecule has 1 fully saturated rings. The number of likely N-dealkylation sites (N-methyl/N-ethyl adjacent to an activating group) is 2. The van der Waals surface area contributed by atoms with Gasteiger partial charge in [-0.1, -0.05) is 20.8 Å². The lowest BCUT2D eigenvalue weighted by Crippen LogP contribution is -2.41. The number of aromatic nitrogens is 4. The standard InChI is InChI=1S/C25H32N6O2/c1-13(2)24(33)30(5)12-21(32)31(6)20-9-18-17(7-14(20)3)26-23(27-18)22-16-8-15-10-25(15,4)11-19(16)28-29-22/h7,9,13,15H,8,10-12H2,1-6H3,(H,26,27)(H,28,29)/t15-,25-/m1/s1. The van der Waals surface area contributed by atoms with Crippen molar-refractivity contribution in [3.8, 4) is 11.5 Å². The van der Waals surface area contributed by atoms with Crippen molar-refractivity contribution in [3.05, 3.63) is 29.0 Å². The van der Waals surface area contributed by atoms with Crippen molar-refractivity contribution in [1.29, 1.82) is 0 Å². The highest BCUT2D eigenvalue weighted by atomic mass is 16.2. The van der Waals surface area contributed by atoms with Crippen LogP contribution >= 0.6 is 0 Å². The summed E-state index contributed by atoms with van der Waals surface area (Å²) >= 11 is 0. The summed E-state index contributed by atoms with van der Waals surface area (Å²) in [6.45, 7) is 8.05. The number of H-pyrrole nitrogens is 2. The predicted octanol–water partition coefficient (Wildman–Crippen LogP) is 3.46. The molecule has 2 amide bonds. The maximum atomic E-state index is 12.9. The van der Waals surface area contributed by atoms with E-state index in [1.54, 1.807) is 19.0 Å². The van der Waals surface area contributed by atoms with Gasteiger partial charge in [0.25, 0.3) is 0 Å². The monoisotopic (exact) mass is 448 g/mol. The van der Waals surface area contributed by atoms with Crippen molar-refractivity contribution in [2.45, 2.75) is 47.0 Å². The summed E-state index contributed by atoms with van der Waals surface area (Å²) in [7, 11) is 3.41. The van der Waals surface area contributed by atoms with Crippen LogP contribution in [0.4, 0.5) is 5.69 Å². The number of benzene rings is 1. The normalized spacial score (nSPS) is 21.1. The molecule has 2 aromatic heterocycles. The maximum absolute atomic E-state index is 12.9. The molecule has 2 atom stereocenters. The summed E-state index contributed by atoms with van der Waals surface area (Å²) in [6.07, 6.45) is 3.40. The lowest BCUT2D eigenvalue weighted by molar-refractivity contribution is -0.136. The van der Waals surface area contributed by atoms with Gasteiger partial charge in [0.1, 0.15) is 5.69 Å². The third-order valence-corrected chi connectivity index (χ3v) is 7.52. The van der Waals surface area contributed by atoms with E-state index in [2.05, 4.69) is 22.1 Å². The summed E-state index contributed by atoms with van der Waals surface area (Å²) in [5, 5.41) is 7.85. The fourth-order valence-electron chi connectivity index (χ4n) is 5.24. The van der Waals surface area contributed by atoms with Crippen molar-refractivity contribution < 1.29 is 9.59 Å². The molecule has 3 aromatic rings. The van der Waals surface area contributed by atoms with Gasteiger partial charge in [0.05, 0.1) is 17.6 Å². The van der Waals surface area contributed by atoms with Crippen LogP contribution in [0.2, 0.25) is 0 Å². The first-order valence-electron chi connectivity index (χ1n) is 11.7. The van der Waals surface area contributed by atoms with Crippen molar-refractivity contribution in [3.63, 3.8) is 0 Å². The van der Waals surface area contributed by atoms with Gasteiger partial charge in [-0.3, -0.25) is 14.7 Å². The number of imidazole rings is 1. The van der Waals surface area contributed by atoms with E-state index in [1.165, 1.54) is 22.6 Å². The third-order valence-electron chi connectivity index (χ3n) is 7.52. The Hall–Kier alpha value is -3.16. The van der Waals surface area contributed by atoms with Crippen LogP contribution < -0.4 is 4.90 Å². The molecule has 0 spiro atoms. The second-order valence-corrected chi connectivity index (χ2v) is 10.5. The van der Waals surface area contributed by atoms with Gasteiger partial charge >= 0.3 is 0 Å². The Balaban J connectivity index is 1.41. The van der Waals surface area contributed by atoms with Gasteiger partial charge in [-0.15, -0.1) is 0 Å². The zero-order valence-corrected chi connectivity index (χ0v) is 20.2. The van der Waals surface area contributed by atoms with E-state index in [9.17, 15) is 9.59 Å². The molecule has 0 saturated heterocycles. The quantitative estimate of drug-likeness (QED) is 0.624. The first kappa shape index (κ1) is 21.7. The number of carbonyl (C=O) groups excluding carboxylic acids is 2. The summed E-state index contributed by atoms with van der Waals surface area (Å²) in [5.74, 6) is 1.18. The Morgan fingerprint density at radius 3 is 2.76 bits per heavy atom. The molecule has 1 saturated carbocycles. The van der Waals surface area contributed by atoms with Gasteiger partial charge in [-0.25, -0.2) is 4.98 Å². The molecule has 2 heterocycles. The van der Waals surface area contributed by atoms with Crippen LogP contribution in [0.25, 0.3) is 22.6 Å². The van der Waals surface area contributed by atoms with Gasteiger partial charge in [-0.2, -0.15) is 5.10 Å². The minimum absolute atomic E-state index is 0.0380. The smallest absolute Gasteiger partial charge is 0.246 e. The Morgan fingerprint density at radius 1 is 1.27 bits per heavy atom. The summed E-state index contributed by atoms with van der Waals surface area (Å²) < 4.78 is 0. The molecule has 5 rings (SSSR count). The highest BCUT2D eigenvalue weighted by molar-refractivity contribution is 5.99. The molecule has 33 heavy (non-hydrogen) atoms. The first-order chi connectivity index (χ1) is 15.6. The zero-order valence-electron chi connectivity index (χ0n) is 20.2. The fraction of sp³-hybridized carbons (Fsp3) is 0.520. The topological polar surface area (TPSA) is 98.0 Å². The largest absolute Gasteiger partial charge is 0.337 e. The number of rotatable bonds is 5. The van der Waals surface area contributed by atoms with Gasteiger partial charge in [0.15, 0.2) is 5.82 Å². The van der Waals surface area contributed by atoms with E-state index in [4.69, 9.17) is 4.98 Å². The molecular formula is C25H32N6O2. The van der Waals surface area contributed by atoms with Crippen molar-refractivity contribution in [1.82, 2.24) is 25.1 Å². The molecule has 0 radical (unpaired) electrons. The van der Waals surface area contributed by atoms with E-state index >= 15 is 0 Å². The zero-order chi connectivity index (χ0) is 23.7. The molecule has 8 heteroatoms. The second-order valence-electron chi connectivity index (χ2n) is 10.5. The number of nitrogens with zero attached hydrogens (tertiary/aromatic N) is 4. The summed E-state index contributed by atoms with van der Waals surface area (Å²) in [6, 6.07) is 3.95. The summed E-state index contributed by atoms with van der Waals surface area (Å²) in [5.41, 5.74) is 7.34. The van der Waals surface area contributed by atoms with E-state index in [0.29, 0.717) is 5.41 Å². The van der Waals surface area contributed by atoms with E-state index in [0.717, 1.165) is 52.6 Å². The van der Waals surface area contributed by atoms with Crippen LogP contribution in [-0.4, -0.2) is 57.5 Å². The summed E-state index contributed by atoms with van der Waals surface area (Å²) in [4.78, 5) is 36.4. The number of anilines is 1. The second kappa shape index (κ2) is 7.43. The number of aryl methyl sites for hydroxylation is 1. The number of carbonyl (C=O) groups is 2. The van der Waals surface area contributed by atoms with Crippen LogP contribution in [-0.2, 0) is 22.4 Å². The van der Waals surface area contributed by atoms with Gasteiger partial charge in [0, 0.05) is 37.0 Å². The lowest BCUT2D eigenvalue weighted by Gasteiger charge is -2.24. The Kier molecular flexibility index (Phi) is 4.88. The predicted molar refractivity (Wildman–Crippen MR) is 128 cm³/mol. The van der Waals surface area contributed by atoms with E-state index in [1.807, 2.05) is 32.9 Å². The van der Waals surface area contributed by atoms with Gasteiger partial charge < -0.3 is 14.8 Å². The van der Waals surface area contributed by atoms with E-state index in [-0.39, 0.29) is 24.3 Å². The fourth-order valence-corrected chi connectivity index (χ4v) is 5.24. The minimum atomic E-state index is -0.143. The highest BCUT2D eigenvalue weighted by Gasteiger charge is 2.53. The first-order valence-corrected chi connectivity index (χ1v) is 11.7. The molecule has 8 nitrogen and oxygen atoms in total. The molecular weight excluding hydrogens is 416 g/mol. The molecule has 0 aliphatic heterocycles. The Labute approximate surface area is 193 Å². The van der Waals surface area contributed by atoms with Crippen molar-refractivity contribution in [2.75, 3.05) is 25.5 Å². The number of amides is 2. The Morgan fingerprint density at radius 2 is 2.03 bits per heavy atom. The van der Waals surface area contributed by atoms with Crippen LogP contribution in [0.3, 0.4) is 0 Å². The molecule has 2 N–H and O–H groups in total. The highest BCUT2D eigenvalue weighted by Crippen LogP contribution is 2.59. The average Bonchev–Trinajstić information content (AvgIpc) is 3.06. The van der Waals surface area contributed by atoms with Crippen LogP contribution in [0.15, 0.2) is 12.1 Å². The SMILES string of the molecule is Cc1cc2[nH]c(-c3n[nH]c4c3C[C@@H]3C[C@]3(C)C4)nc2cc1N(C)C(=O)CN(C)C(=O)C(C)C. The number of nitrogens with one attached hydrogen (secondary N) is 2. The van der Waals surface area contributed by atoms with Gasteiger partial charge in [-0.05, 0) is 55.2 Å². The number of fused-ring (bicyclic) bond motifs is 3. The van der Waals surface area contributed by atoms with Crippen LogP contribution in [0, 0.1) is 24.2 Å². The van der Waals surface area contributed by atoms with Crippen LogP contribution in [0.5, 0.6) is 0 Å². The molecule has 2 aliphatic carbocycles. The molecule has 0 bridgehead atoms.